The summed E-state index contributed by atoms with van der Waals surface area (Å²) in [5, 5.41) is 10.7. The van der Waals surface area contributed by atoms with Gasteiger partial charge < -0.3 is 42.2 Å². The fourth-order valence-electron chi connectivity index (χ4n) is 3.60. The number of ether oxygens (including phenoxy) is 2. The highest BCUT2D eigenvalue weighted by Gasteiger charge is 2.24. The van der Waals surface area contributed by atoms with E-state index in [-0.39, 0.29) is 67.5 Å². The number of nitrogens with two attached hydrogens (primary N) is 2. The van der Waals surface area contributed by atoms with Crippen LogP contribution in [0, 0.1) is 11.8 Å². The molecule has 5 amide bonds. The van der Waals surface area contributed by atoms with Crippen LogP contribution in [0.4, 0.5) is 5.69 Å². The van der Waals surface area contributed by atoms with Crippen molar-refractivity contribution in [2.75, 3.05) is 38.6 Å². The molecule has 0 saturated heterocycles. The summed E-state index contributed by atoms with van der Waals surface area (Å²) in [7, 11) is 1.88. The number of anilines is 1. The van der Waals surface area contributed by atoms with E-state index in [1.165, 1.54) is 19.8 Å². The average molecular weight is 813 g/mol. The molecule has 0 heterocycles. The van der Waals surface area contributed by atoms with Gasteiger partial charge in [0.15, 0.2) is 0 Å². The van der Waals surface area contributed by atoms with Crippen LogP contribution in [-0.4, -0.2) is 81.2 Å². The van der Waals surface area contributed by atoms with E-state index in [1.807, 2.05) is 34.7 Å². The molecular formula is C42H80N6O9. The van der Waals surface area contributed by atoms with Gasteiger partial charge in [0.1, 0.15) is 12.4 Å². The van der Waals surface area contributed by atoms with Crippen molar-refractivity contribution in [2.45, 2.75) is 146 Å². The zero-order valence-corrected chi connectivity index (χ0v) is 37.3. The Morgan fingerprint density at radius 3 is 1.79 bits per heavy atom. The first-order valence-corrected chi connectivity index (χ1v) is 20.0. The van der Waals surface area contributed by atoms with Crippen molar-refractivity contribution < 1.29 is 43.0 Å². The van der Waals surface area contributed by atoms with Gasteiger partial charge in [-0.3, -0.25) is 33.6 Å². The van der Waals surface area contributed by atoms with E-state index in [4.69, 9.17) is 20.0 Å². The zero-order valence-electron chi connectivity index (χ0n) is 37.3. The van der Waals surface area contributed by atoms with Crippen molar-refractivity contribution in [3.05, 3.63) is 29.8 Å². The summed E-state index contributed by atoms with van der Waals surface area (Å²) in [5.41, 5.74) is 10.4. The molecule has 0 unspecified atom stereocenters. The number of primary amides is 2. The van der Waals surface area contributed by atoms with Crippen LogP contribution in [-0.2, 0) is 49.6 Å². The quantitative estimate of drug-likeness (QED) is 0.0484. The van der Waals surface area contributed by atoms with E-state index in [9.17, 15) is 28.8 Å². The third-order valence-corrected chi connectivity index (χ3v) is 6.50. The number of carbonyl (C=O) groups excluding carboxylic acids is 7. The van der Waals surface area contributed by atoms with Gasteiger partial charge in [-0.1, -0.05) is 80.4 Å². The van der Waals surface area contributed by atoms with Crippen LogP contribution in [0.3, 0.4) is 0 Å². The highest BCUT2D eigenvalue weighted by molar-refractivity contribution is 5.85. The molecule has 0 bridgehead atoms. The lowest BCUT2D eigenvalue weighted by molar-refractivity contribution is -0.142. The van der Waals surface area contributed by atoms with Crippen LogP contribution in [0.25, 0.3) is 0 Å². The van der Waals surface area contributed by atoms with Crippen LogP contribution in [0.2, 0.25) is 0 Å². The highest BCUT2D eigenvalue weighted by Crippen LogP contribution is 2.18. The molecule has 0 radical (unpaired) electrons. The van der Waals surface area contributed by atoms with Crippen LogP contribution in [0.15, 0.2) is 24.3 Å². The summed E-state index contributed by atoms with van der Waals surface area (Å²) in [6.45, 7) is 24.6. The van der Waals surface area contributed by atoms with E-state index in [1.54, 1.807) is 24.3 Å². The summed E-state index contributed by atoms with van der Waals surface area (Å²) < 4.78 is 10.5. The average Bonchev–Trinajstić information content (AvgIpc) is 3.11. The number of hydrogen-bond donors (Lipinski definition) is 6. The summed E-state index contributed by atoms with van der Waals surface area (Å²) in [5.74, 6) is -0.129. The number of esters is 1. The van der Waals surface area contributed by atoms with E-state index in [0.29, 0.717) is 37.4 Å². The van der Waals surface area contributed by atoms with Crippen molar-refractivity contribution in [1.29, 1.82) is 0 Å². The summed E-state index contributed by atoms with van der Waals surface area (Å²) in [4.78, 5) is 73.9. The molecule has 57 heavy (non-hydrogen) atoms. The summed E-state index contributed by atoms with van der Waals surface area (Å²) in [6, 6.07) is 7.06. The minimum Gasteiger partial charge on any atom is -0.461 e. The number of ketones is 1. The van der Waals surface area contributed by atoms with Crippen molar-refractivity contribution >= 4 is 48.0 Å². The molecule has 0 spiro atoms. The van der Waals surface area contributed by atoms with Gasteiger partial charge in [0.25, 0.3) is 0 Å². The zero-order chi connectivity index (χ0) is 45.1. The lowest BCUT2D eigenvalue weighted by Gasteiger charge is -2.25. The summed E-state index contributed by atoms with van der Waals surface area (Å²) in [6.07, 6.45) is 7.63. The smallest absolute Gasteiger partial charge is 0.302 e. The van der Waals surface area contributed by atoms with Gasteiger partial charge in [-0.15, -0.1) is 0 Å². The van der Waals surface area contributed by atoms with Crippen LogP contribution < -0.4 is 32.7 Å². The first kappa shape index (κ1) is 61.8. The third-order valence-electron chi connectivity index (χ3n) is 6.50. The molecule has 0 aliphatic heterocycles. The number of Topliss-reactive ketones (excluding diaryl/α,β-unsaturated/α-hetero) is 1. The topological polar surface area (TPSA) is 238 Å². The number of rotatable bonds is 22. The van der Waals surface area contributed by atoms with Gasteiger partial charge in [0.2, 0.25) is 30.5 Å². The van der Waals surface area contributed by atoms with Gasteiger partial charge >= 0.3 is 5.97 Å². The van der Waals surface area contributed by atoms with Crippen LogP contribution >= 0.6 is 0 Å². The first-order valence-electron chi connectivity index (χ1n) is 20.0. The number of hydrogen-bond acceptors (Lipinski definition) is 10. The Bertz CT molecular complexity index is 1160. The molecule has 15 nitrogen and oxygen atoms in total. The van der Waals surface area contributed by atoms with Crippen LogP contribution in [0.1, 0.15) is 140 Å². The lowest BCUT2D eigenvalue weighted by atomic mass is 9.95. The number of amides is 5. The van der Waals surface area contributed by atoms with E-state index < -0.39 is 5.91 Å². The maximum atomic E-state index is 11.6. The largest absolute Gasteiger partial charge is 0.461 e. The standard InChI is InChI=1S/C13H26O2.C12H24N4O3.C10H11NO3.2C3H8.CH3NO/c1-10(2)7-8-15-13(5,6)9-12(14)11(3)4;1-14-7-2-3-8-15-12(19)9-16-11(18)6-4-5-10(13)17;1-8(13)14-6-9-2-4-10(5-3-9)11-7-12;2*1-3-2;2-1-3/h10-11H,7-9H2,1-6H3;14H,2-9H2,1H3,(H2,13,17)(H,15,19)(H,16,18);2-5,7H,6H2,1H3,(H,11,12);2*3H2,1-2H3;1H,(H2,2,3). The third kappa shape index (κ3) is 56.1. The van der Waals surface area contributed by atoms with Gasteiger partial charge in [0, 0.05) is 50.9 Å². The predicted molar refractivity (Wildman–Crippen MR) is 230 cm³/mol. The van der Waals surface area contributed by atoms with Crippen molar-refractivity contribution in [1.82, 2.24) is 16.0 Å². The lowest BCUT2D eigenvalue weighted by Crippen LogP contribution is -2.37. The maximum Gasteiger partial charge on any atom is 0.302 e. The summed E-state index contributed by atoms with van der Waals surface area (Å²) >= 11 is 0. The SMILES string of the molecule is CC(=O)OCc1ccc(NC=O)cc1.CC(C)CCOC(C)(C)CC(=O)C(C)C.CCC.CCC.CNCCCCNC(=O)CNC(=O)CCCC(N)=O.NC=O. The molecule has 0 fully saturated rings. The Morgan fingerprint density at radius 2 is 1.35 bits per heavy atom. The molecule has 1 aromatic carbocycles. The molecule has 1 rings (SSSR count). The Morgan fingerprint density at radius 1 is 0.825 bits per heavy atom. The van der Waals surface area contributed by atoms with E-state index in [0.717, 1.165) is 38.0 Å². The first-order chi connectivity index (χ1) is 26.8. The number of nitrogens with one attached hydrogen (secondary N) is 4. The minimum atomic E-state index is -0.424. The molecule has 332 valence electrons. The second-order valence-corrected chi connectivity index (χ2v) is 14.1. The monoisotopic (exact) mass is 813 g/mol. The fourth-order valence-corrected chi connectivity index (χ4v) is 3.60. The second kappa shape index (κ2) is 44.3. The van der Waals surface area contributed by atoms with Crippen molar-refractivity contribution in [3.63, 3.8) is 0 Å². The normalized spacial score (nSPS) is 9.72. The van der Waals surface area contributed by atoms with Gasteiger partial charge in [0.05, 0.1) is 12.1 Å². The van der Waals surface area contributed by atoms with E-state index >= 15 is 0 Å². The van der Waals surface area contributed by atoms with Crippen LogP contribution in [0.5, 0.6) is 0 Å². The predicted octanol–water partition coefficient (Wildman–Crippen LogP) is 5.57. The maximum absolute atomic E-state index is 11.6. The van der Waals surface area contributed by atoms with E-state index in [2.05, 4.69) is 68.5 Å². The second-order valence-electron chi connectivity index (χ2n) is 14.1. The Labute approximate surface area is 344 Å². The molecular weight excluding hydrogens is 732 g/mol. The number of benzene rings is 1. The fraction of sp³-hybridized carbons (Fsp3) is 0.690. The molecule has 8 N–H and O–H groups in total. The Balaban J connectivity index is -0.000000216. The molecule has 1 aromatic rings. The number of unbranched alkanes of at least 4 members (excludes halogenated alkanes) is 1. The van der Waals surface area contributed by atoms with Crippen molar-refractivity contribution in [2.24, 2.45) is 23.3 Å². The molecule has 0 aromatic heterocycles. The molecule has 0 aliphatic rings. The minimum absolute atomic E-state index is 0.0264. The van der Waals surface area contributed by atoms with Gasteiger partial charge in [-0.05, 0) is 76.7 Å². The van der Waals surface area contributed by atoms with Gasteiger partial charge in [-0.2, -0.15) is 0 Å². The Hall–Kier alpha value is -4.37. The van der Waals surface area contributed by atoms with Gasteiger partial charge in [-0.25, -0.2) is 0 Å². The molecule has 15 heteroatoms. The molecule has 0 saturated carbocycles. The number of carbonyl (C=O) groups is 7. The van der Waals surface area contributed by atoms with Crippen molar-refractivity contribution in [3.8, 4) is 0 Å². The molecule has 0 aliphatic carbocycles. The highest BCUT2D eigenvalue weighted by atomic mass is 16.5. The Kier molecular flexibility index (Phi) is 48.1. The molecule has 0 atom stereocenters.